The summed E-state index contributed by atoms with van der Waals surface area (Å²) in [5.41, 5.74) is 3.47. The van der Waals surface area contributed by atoms with Crippen molar-refractivity contribution in [1.29, 1.82) is 0 Å². The largest absolute Gasteiger partial charge is 0.496 e. The lowest BCUT2D eigenvalue weighted by Gasteiger charge is -2.32. The topological polar surface area (TPSA) is 45.1 Å². The van der Waals surface area contributed by atoms with Crippen molar-refractivity contribution in [2.24, 2.45) is 0 Å². The van der Waals surface area contributed by atoms with Crippen LogP contribution in [0.25, 0.3) is 0 Å². The van der Waals surface area contributed by atoms with E-state index < -0.39 is 0 Å². The average Bonchev–Trinajstić information content (AvgIpc) is 3.21. The Morgan fingerprint density at radius 1 is 0.844 bits per heavy atom. The summed E-state index contributed by atoms with van der Waals surface area (Å²) in [7, 11) is 5.01. The van der Waals surface area contributed by atoms with Crippen molar-refractivity contribution in [2.45, 2.75) is 32.5 Å². The molecule has 0 N–H and O–H groups in total. The van der Waals surface area contributed by atoms with Crippen LogP contribution in [0, 0.1) is 0 Å². The van der Waals surface area contributed by atoms with Gasteiger partial charge in [-0.25, -0.2) is 0 Å². The lowest BCUT2D eigenvalue weighted by Crippen LogP contribution is -2.30. The lowest BCUT2D eigenvalue weighted by molar-refractivity contribution is 0.211. The van der Waals surface area contributed by atoms with Crippen LogP contribution in [0.15, 0.2) is 54.7 Å². The Hall–Kier alpha value is -3.12. The number of nitrogens with zero attached hydrogens (tertiary/aromatic N) is 2. The van der Waals surface area contributed by atoms with E-state index >= 15 is 0 Å². The number of benzene rings is 2. The SMILES string of the molecule is CCOc1ccccc1CN1CCCn2cccc2[C@@H]1c1cc(OC)c(OC)cc1OC. The summed E-state index contributed by atoms with van der Waals surface area (Å²) in [6.45, 7) is 5.37. The third-order valence-corrected chi connectivity index (χ3v) is 6.03. The van der Waals surface area contributed by atoms with E-state index in [1.54, 1.807) is 21.3 Å². The zero-order valence-corrected chi connectivity index (χ0v) is 19.3. The molecule has 1 aliphatic rings. The predicted molar refractivity (Wildman–Crippen MR) is 125 cm³/mol. The van der Waals surface area contributed by atoms with Crippen LogP contribution in [0.3, 0.4) is 0 Å². The van der Waals surface area contributed by atoms with Gasteiger partial charge < -0.3 is 23.5 Å². The van der Waals surface area contributed by atoms with E-state index in [0.717, 1.165) is 43.1 Å². The van der Waals surface area contributed by atoms with Crippen LogP contribution in [0.1, 0.15) is 36.2 Å². The average molecular weight is 437 g/mol. The van der Waals surface area contributed by atoms with Gasteiger partial charge in [-0.3, -0.25) is 4.90 Å². The number of fused-ring (bicyclic) bond motifs is 1. The highest BCUT2D eigenvalue weighted by Crippen LogP contribution is 2.43. The predicted octanol–water partition coefficient (Wildman–Crippen LogP) is 4.91. The second-order valence-corrected chi connectivity index (χ2v) is 7.84. The van der Waals surface area contributed by atoms with Gasteiger partial charge in [-0.05, 0) is 37.6 Å². The molecule has 2 heterocycles. The smallest absolute Gasteiger partial charge is 0.164 e. The molecule has 1 aromatic heterocycles. The molecule has 170 valence electrons. The maximum atomic E-state index is 5.92. The van der Waals surface area contributed by atoms with Gasteiger partial charge >= 0.3 is 0 Å². The zero-order chi connectivity index (χ0) is 22.5. The summed E-state index contributed by atoms with van der Waals surface area (Å²) in [6.07, 6.45) is 3.22. The van der Waals surface area contributed by atoms with Gasteiger partial charge in [-0.1, -0.05) is 18.2 Å². The summed E-state index contributed by atoms with van der Waals surface area (Å²) in [6, 6.07) is 16.6. The third kappa shape index (κ3) is 4.28. The zero-order valence-electron chi connectivity index (χ0n) is 19.3. The van der Waals surface area contributed by atoms with E-state index in [2.05, 4.69) is 39.9 Å². The molecule has 0 radical (unpaired) electrons. The summed E-state index contributed by atoms with van der Waals surface area (Å²) < 4.78 is 25.3. The molecule has 0 bridgehead atoms. The fraction of sp³-hybridized carbons (Fsp3) is 0.385. The standard InChI is InChI=1S/C26H32N2O4/c1-5-32-22-12-7-6-10-19(22)18-28-15-9-14-27-13-8-11-21(27)26(28)20-16-24(30-3)25(31-4)17-23(20)29-2/h6-8,10-13,16-17,26H,5,9,14-15,18H2,1-4H3/t26-/m0/s1. The second-order valence-electron chi connectivity index (χ2n) is 7.84. The van der Waals surface area contributed by atoms with Crippen LogP contribution in [0.4, 0.5) is 0 Å². The number of hydrogen-bond acceptors (Lipinski definition) is 5. The van der Waals surface area contributed by atoms with Gasteiger partial charge in [0.1, 0.15) is 11.5 Å². The summed E-state index contributed by atoms with van der Waals surface area (Å²) in [4.78, 5) is 2.50. The maximum absolute atomic E-state index is 5.92. The van der Waals surface area contributed by atoms with E-state index in [1.165, 1.54) is 11.3 Å². The van der Waals surface area contributed by atoms with Crippen molar-refractivity contribution in [3.8, 4) is 23.0 Å². The Balaban J connectivity index is 1.83. The van der Waals surface area contributed by atoms with Gasteiger partial charge in [0, 0.05) is 48.7 Å². The highest BCUT2D eigenvalue weighted by molar-refractivity contribution is 5.53. The number of ether oxygens (including phenoxy) is 4. The Morgan fingerprint density at radius 2 is 1.59 bits per heavy atom. The summed E-state index contributed by atoms with van der Waals surface area (Å²) >= 11 is 0. The molecule has 6 heteroatoms. The third-order valence-electron chi connectivity index (χ3n) is 6.03. The molecule has 0 amide bonds. The molecule has 0 fully saturated rings. The number of aryl methyl sites for hydroxylation is 1. The van der Waals surface area contributed by atoms with Crippen LogP contribution >= 0.6 is 0 Å². The van der Waals surface area contributed by atoms with E-state index in [0.29, 0.717) is 18.1 Å². The van der Waals surface area contributed by atoms with Gasteiger partial charge in [0.15, 0.2) is 11.5 Å². The van der Waals surface area contributed by atoms with Crippen LogP contribution in [0.2, 0.25) is 0 Å². The van der Waals surface area contributed by atoms with Crippen LogP contribution < -0.4 is 18.9 Å². The molecule has 0 spiro atoms. The normalized spacial score (nSPS) is 16.2. The molecule has 1 atom stereocenters. The quantitative estimate of drug-likeness (QED) is 0.502. The summed E-state index contributed by atoms with van der Waals surface area (Å²) in [5, 5.41) is 0. The van der Waals surface area contributed by atoms with Crippen molar-refractivity contribution in [1.82, 2.24) is 9.47 Å². The van der Waals surface area contributed by atoms with E-state index in [-0.39, 0.29) is 6.04 Å². The molecule has 0 saturated carbocycles. The number of methoxy groups -OCH3 is 3. The minimum Gasteiger partial charge on any atom is -0.496 e. The van der Waals surface area contributed by atoms with Crippen molar-refractivity contribution >= 4 is 0 Å². The Labute approximate surface area is 190 Å². The highest BCUT2D eigenvalue weighted by Gasteiger charge is 2.31. The van der Waals surface area contributed by atoms with Gasteiger partial charge in [0.25, 0.3) is 0 Å². The highest BCUT2D eigenvalue weighted by atomic mass is 16.5. The number of rotatable bonds is 8. The molecule has 6 nitrogen and oxygen atoms in total. The van der Waals surface area contributed by atoms with Crippen LogP contribution in [-0.4, -0.2) is 43.9 Å². The Bertz CT molecular complexity index is 1050. The van der Waals surface area contributed by atoms with Crippen molar-refractivity contribution in [3.63, 3.8) is 0 Å². The van der Waals surface area contributed by atoms with E-state index in [9.17, 15) is 0 Å². The first kappa shape index (κ1) is 22.1. The minimum atomic E-state index is -0.00283. The monoisotopic (exact) mass is 436 g/mol. The molecule has 3 aromatic rings. The molecular formula is C26H32N2O4. The molecule has 0 unspecified atom stereocenters. The first-order valence-corrected chi connectivity index (χ1v) is 11.1. The van der Waals surface area contributed by atoms with E-state index in [1.807, 2.05) is 31.2 Å². The number of para-hydroxylation sites is 1. The molecule has 1 aliphatic heterocycles. The number of aromatic nitrogens is 1. The van der Waals surface area contributed by atoms with Gasteiger partial charge in [0.2, 0.25) is 0 Å². The van der Waals surface area contributed by atoms with E-state index in [4.69, 9.17) is 18.9 Å². The molecule has 0 saturated heterocycles. The fourth-order valence-corrected chi connectivity index (χ4v) is 4.58. The Morgan fingerprint density at radius 3 is 2.34 bits per heavy atom. The minimum absolute atomic E-state index is 0.00283. The van der Waals surface area contributed by atoms with Gasteiger partial charge in [0.05, 0.1) is 34.0 Å². The molecule has 32 heavy (non-hydrogen) atoms. The fourth-order valence-electron chi connectivity index (χ4n) is 4.58. The van der Waals surface area contributed by atoms with Crippen LogP contribution in [-0.2, 0) is 13.1 Å². The lowest BCUT2D eigenvalue weighted by atomic mass is 9.99. The number of hydrogen-bond donors (Lipinski definition) is 0. The van der Waals surface area contributed by atoms with Crippen molar-refractivity contribution < 1.29 is 18.9 Å². The maximum Gasteiger partial charge on any atom is 0.164 e. The van der Waals surface area contributed by atoms with Crippen LogP contribution in [0.5, 0.6) is 23.0 Å². The Kier molecular flexibility index (Phi) is 6.90. The summed E-state index contributed by atoms with van der Waals surface area (Å²) in [5.74, 6) is 3.07. The molecule has 0 aliphatic carbocycles. The first-order chi connectivity index (χ1) is 15.7. The second kappa shape index (κ2) is 10.0. The van der Waals surface area contributed by atoms with Crippen molar-refractivity contribution in [2.75, 3.05) is 34.5 Å². The first-order valence-electron chi connectivity index (χ1n) is 11.1. The van der Waals surface area contributed by atoms with Gasteiger partial charge in [-0.15, -0.1) is 0 Å². The van der Waals surface area contributed by atoms with Crippen molar-refractivity contribution in [3.05, 3.63) is 71.5 Å². The molecular weight excluding hydrogens is 404 g/mol. The molecule has 4 rings (SSSR count). The van der Waals surface area contributed by atoms with Gasteiger partial charge in [-0.2, -0.15) is 0 Å². The molecule has 2 aromatic carbocycles.